The lowest BCUT2D eigenvalue weighted by molar-refractivity contribution is 0.230. The minimum absolute atomic E-state index is 0.328. The highest BCUT2D eigenvalue weighted by Gasteiger charge is 2.13. The highest BCUT2D eigenvalue weighted by atomic mass is 16.3. The van der Waals surface area contributed by atoms with Crippen molar-refractivity contribution >= 4 is 0 Å². The Morgan fingerprint density at radius 2 is 2.06 bits per heavy atom. The van der Waals surface area contributed by atoms with Crippen LogP contribution in [0.25, 0.3) is 0 Å². The molecule has 0 radical (unpaired) electrons. The number of pyridine rings is 1. The van der Waals surface area contributed by atoms with Crippen LogP contribution in [0, 0.1) is 0 Å². The maximum atomic E-state index is 5.73. The zero-order valence-corrected chi connectivity index (χ0v) is 11.3. The molecule has 2 heterocycles. The number of aromatic nitrogens is 1. The number of hydrogen-bond donors (Lipinski definition) is 0. The Labute approximate surface area is 108 Å². The molecule has 2 aromatic rings. The third-order valence-electron chi connectivity index (χ3n) is 3.30. The van der Waals surface area contributed by atoms with Crippen LogP contribution in [-0.2, 0) is 13.0 Å². The maximum Gasteiger partial charge on any atom is 0.118 e. The van der Waals surface area contributed by atoms with Gasteiger partial charge in [0, 0.05) is 24.9 Å². The van der Waals surface area contributed by atoms with E-state index < -0.39 is 0 Å². The average Bonchev–Trinajstić information content (AvgIpc) is 2.86. The Morgan fingerprint density at radius 3 is 2.67 bits per heavy atom. The molecule has 2 rings (SSSR count). The summed E-state index contributed by atoms with van der Waals surface area (Å²) >= 11 is 0. The Morgan fingerprint density at radius 1 is 1.28 bits per heavy atom. The van der Waals surface area contributed by atoms with Gasteiger partial charge in [-0.2, -0.15) is 0 Å². The van der Waals surface area contributed by atoms with E-state index in [4.69, 9.17) is 4.42 Å². The largest absolute Gasteiger partial charge is 0.465 e. The molecule has 0 bridgehead atoms. The first-order valence-corrected chi connectivity index (χ1v) is 6.38. The third kappa shape index (κ3) is 2.99. The van der Waals surface area contributed by atoms with E-state index in [1.165, 1.54) is 5.56 Å². The molecule has 0 aliphatic rings. The van der Waals surface area contributed by atoms with Crippen LogP contribution in [0.1, 0.15) is 37.0 Å². The molecular weight excluding hydrogens is 224 g/mol. The van der Waals surface area contributed by atoms with Gasteiger partial charge < -0.3 is 4.42 Å². The van der Waals surface area contributed by atoms with Gasteiger partial charge in [0.05, 0.1) is 6.54 Å². The smallest absolute Gasteiger partial charge is 0.118 e. The third-order valence-corrected chi connectivity index (χ3v) is 3.30. The van der Waals surface area contributed by atoms with Crippen LogP contribution in [0.2, 0.25) is 0 Å². The SMILES string of the molecule is CCc1ccc(CN(C)[C@H](C)c2cccnc2)o1. The van der Waals surface area contributed by atoms with Crippen LogP contribution in [0.3, 0.4) is 0 Å². The first-order chi connectivity index (χ1) is 8.70. The number of rotatable bonds is 5. The van der Waals surface area contributed by atoms with Gasteiger partial charge in [0.25, 0.3) is 0 Å². The van der Waals surface area contributed by atoms with Crippen molar-refractivity contribution in [3.05, 3.63) is 53.7 Å². The normalized spacial score (nSPS) is 12.9. The molecule has 0 aliphatic carbocycles. The molecule has 3 heteroatoms. The fraction of sp³-hybridized carbons (Fsp3) is 0.400. The van der Waals surface area contributed by atoms with Crippen molar-refractivity contribution in [2.75, 3.05) is 7.05 Å². The second kappa shape index (κ2) is 5.83. The molecule has 0 spiro atoms. The lowest BCUT2D eigenvalue weighted by Gasteiger charge is -2.23. The summed E-state index contributed by atoms with van der Waals surface area (Å²) in [7, 11) is 2.10. The van der Waals surface area contributed by atoms with Crippen molar-refractivity contribution in [2.45, 2.75) is 32.9 Å². The molecule has 3 nitrogen and oxygen atoms in total. The summed E-state index contributed by atoms with van der Waals surface area (Å²) < 4.78 is 5.73. The average molecular weight is 244 g/mol. The van der Waals surface area contributed by atoms with Crippen LogP contribution in [-0.4, -0.2) is 16.9 Å². The van der Waals surface area contributed by atoms with Crippen LogP contribution < -0.4 is 0 Å². The monoisotopic (exact) mass is 244 g/mol. The number of nitrogens with zero attached hydrogens (tertiary/aromatic N) is 2. The first kappa shape index (κ1) is 12.8. The summed E-state index contributed by atoms with van der Waals surface area (Å²) in [4.78, 5) is 6.42. The molecule has 2 aromatic heterocycles. The van der Waals surface area contributed by atoms with E-state index in [0.717, 1.165) is 24.5 Å². The van der Waals surface area contributed by atoms with Crippen molar-refractivity contribution in [3.8, 4) is 0 Å². The van der Waals surface area contributed by atoms with Gasteiger partial charge >= 0.3 is 0 Å². The topological polar surface area (TPSA) is 29.3 Å². The highest BCUT2D eigenvalue weighted by molar-refractivity contribution is 5.13. The van der Waals surface area contributed by atoms with Crippen molar-refractivity contribution in [3.63, 3.8) is 0 Å². The Bertz CT molecular complexity index is 478. The quantitative estimate of drug-likeness (QED) is 0.807. The number of hydrogen-bond acceptors (Lipinski definition) is 3. The zero-order chi connectivity index (χ0) is 13.0. The van der Waals surface area contributed by atoms with E-state index in [9.17, 15) is 0 Å². The summed E-state index contributed by atoms with van der Waals surface area (Å²) in [6, 6.07) is 8.52. The van der Waals surface area contributed by atoms with Gasteiger partial charge in [0.15, 0.2) is 0 Å². The number of furan rings is 1. The molecule has 0 saturated heterocycles. The lowest BCUT2D eigenvalue weighted by Crippen LogP contribution is -2.21. The molecule has 96 valence electrons. The van der Waals surface area contributed by atoms with Gasteiger partial charge in [-0.1, -0.05) is 13.0 Å². The van der Waals surface area contributed by atoms with Crippen molar-refractivity contribution in [1.82, 2.24) is 9.88 Å². The van der Waals surface area contributed by atoms with E-state index in [1.807, 2.05) is 12.3 Å². The Hall–Kier alpha value is -1.61. The summed E-state index contributed by atoms with van der Waals surface area (Å²) in [6.45, 7) is 5.10. The predicted molar refractivity (Wildman–Crippen MR) is 72.2 cm³/mol. The van der Waals surface area contributed by atoms with Crippen LogP contribution in [0.15, 0.2) is 41.1 Å². The number of aryl methyl sites for hydroxylation is 1. The van der Waals surface area contributed by atoms with Gasteiger partial charge in [-0.25, -0.2) is 0 Å². The molecule has 1 atom stereocenters. The second-order valence-electron chi connectivity index (χ2n) is 4.60. The van der Waals surface area contributed by atoms with Crippen LogP contribution >= 0.6 is 0 Å². The zero-order valence-electron chi connectivity index (χ0n) is 11.3. The molecule has 0 fully saturated rings. The molecule has 0 amide bonds. The summed E-state index contributed by atoms with van der Waals surface area (Å²) in [5.74, 6) is 2.07. The van der Waals surface area contributed by atoms with Gasteiger partial charge in [0.2, 0.25) is 0 Å². The molecule has 0 aliphatic heterocycles. The second-order valence-corrected chi connectivity index (χ2v) is 4.60. The standard InChI is InChI=1S/C15H20N2O/c1-4-14-7-8-15(18-14)11-17(3)12(2)13-6-5-9-16-10-13/h5-10,12H,4,11H2,1-3H3/t12-/m1/s1. The Balaban J connectivity index is 2.01. The minimum atomic E-state index is 0.328. The van der Waals surface area contributed by atoms with Gasteiger partial charge in [-0.05, 0) is 37.7 Å². The van der Waals surface area contributed by atoms with Crippen molar-refractivity contribution in [1.29, 1.82) is 0 Å². The van der Waals surface area contributed by atoms with Crippen LogP contribution in [0.4, 0.5) is 0 Å². The van der Waals surface area contributed by atoms with E-state index in [-0.39, 0.29) is 0 Å². The van der Waals surface area contributed by atoms with Crippen molar-refractivity contribution < 1.29 is 4.42 Å². The lowest BCUT2D eigenvalue weighted by atomic mass is 10.1. The van der Waals surface area contributed by atoms with E-state index in [0.29, 0.717) is 6.04 Å². The van der Waals surface area contributed by atoms with E-state index in [2.05, 4.69) is 49.0 Å². The molecule has 0 aromatic carbocycles. The first-order valence-electron chi connectivity index (χ1n) is 6.38. The maximum absolute atomic E-state index is 5.73. The fourth-order valence-electron chi connectivity index (χ4n) is 1.96. The predicted octanol–water partition coefficient (Wildman–Crippen LogP) is 3.43. The van der Waals surface area contributed by atoms with Crippen LogP contribution in [0.5, 0.6) is 0 Å². The minimum Gasteiger partial charge on any atom is -0.465 e. The summed E-state index contributed by atoms with van der Waals surface area (Å²) in [5.41, 5.74) is 1.22. The van der Waals surface area contributed by atoms with Gasteiger partial charge in [0.1, 0.15) is 11.5 Å². The molecule has 0 saturated carbocycles. The van der Waals surface area contributed by atoms with Crippen molar-refractivity contribution in [2.24, 2.45) is 0 Å². The molecule has 18 heavy (non-hydrogen) atoms. The van der Waals surface area contributed by atoms with E-state index in [1.54, 1.807) is 6.20 Å². The van der Waals surface area contributed by atoms with Gasteiger partial charge in [-0.3, -0.25) is 9.88 Å². The van der Waals surface area contributed by atoms with Gasteiger partial charge in [-0.15, -0.1) is 0 Å². The summed E-state index contributed by atoms with van der Waals surface area (Å²) in [5, 5.41) is 0. The fourth-order valence-corrected chi connectivity index (χ4v) is 1.96. The Kier molecular flexibility index (Phi) is 4.15. The van der Waals surface area contributed by atoms with E-state index >= 15 is 0 Å². The molecular formula is C15H20N2O. The molecule has 0 unspecified atom stereocenters. The molecule has 0 N–H and O–H groups in total. The summed E-state index contributed by atoms with van der Waals surface area (Å²) in [6.07, 6.45) is 4.67. The highest BCUT2D eigenvalue weighted by Crippen LogP contribution is 2.20.